The lowest BCUT2D eigenvalue weighted by Gasteiger charge is -2.36. The first-order valence-electron chi connectivity index (χ1n) is 9.83. The third-order valence-corrected chi connectivity index (χ3v) is 5.69. The van der Waals surface area contributed by atoms with E-state index in [0.29, 0.717) is 34.7 Å². The zero-order valence-electron chi connectivity index (χ0n) is 16.9. The van der Waals surface area contributed by atoms with E-state index in [0.717, 1.165) is 5.56 Å². The number of piperidine rings is 1. The van der Waals surface area contributed by atoms with Gasteiger partial charge in [-0.2, -0.15) is 0 Å². The number of rotatable bonds is 4. The number of hydrogen-bond acceptors (Lipinski definition) is 7. The number of anilines is 1. The van der Waals surface area contributed by atoms with Crippen molar-refractivity contribution < 1.29 is 19.1 Å². The van der Waals surface area contributed by atoms with Gasteiger partial charge < -0.3 is 20.1 Å². The Morgan fingerprint density at radius 3 is 2.77 bits per heavy atom. The molecule has 9 nitrogen and oxygen atoms in total. The molecule has 1 saturated heterocycles. The molecule has 2 aromatic heterocycles. The molecule has 0 radical (unpaired) electrons. The topological polar surface area (TPSA) is 112 Å². The SMILES string of the molecule is CC(=O)OC1CC(c2nc(Br)c3c(N)nccn23)CN(C(=O)OCc2ccccc2)C1. The maximum Gasteiger partial charge on any atom is 0.410 e. The molecule has 0 bridgehead atoms. The quantitative estimate of drug-likeness (QED) is 0.562. The number of fused-ring (bicyclic) bond motifs is 1. The third kappa shape index (κ3) is 4.63. The highest BCUT2D eigenvalue weighted by atomic mass is 79.9. The van der Waals surface area contributed by atoms with Crippen molar-refractivity contribution in [2.45, 2.75) is 32.0 Å². The van der Waals surface area contributed by atoms with Crippen molar-refractivity contribution in [2.24, 2.45) is 0 Å². The van der Waals surface area contributed by atoms with Crippen LogP contribution in [0.15, 0.2) is 47.3 Å². The van der Waals surface area contributed by atoms with E-state index in [1.807, 2.05) is 34.7 Å². The number of nitrogen functional groups attached to an aromatic ring is 1. The van der Waals surface area contributed by atoms with Gasteiger partial charge in [0.05, 0.1) is 6.54 Å². The predicted molar refractivity (Wildman–Crippen MR) is 116 cm³/mol. The summed E-state index contributed by atoms with van der Waals surface area (Å²) >= 11 is 3.44. The zero-order chi connectivity index (χ0) is 22.0. The minimum absolute atomic E-state index is 0.166. The predicted octanol–water partition coefficient (Wildman–Crippen LogP) is 3.13. The number of nitrogens with two attached hydrogens (primary N) is 1. The Labute approximate surface area is 187 Å². The number of likely N-dealkylation sites (tertiary alicyclic amines) is 1. The number of aromatic nitrogens is 3. The molecular weight excluding hydrogens is 466 g/mol. The lowest BCUT2D eigenvalue weighted by atomic mass is 9.95. The van der Waals surface area contributed by atoms with Crippen LogP contribution in [0.4, 0.5) is 10.6 Å². The molecule has 3 heterocycles. The molecule has 162 valence electrons. The van der Waals surface area contributed by atoms with Gasteiger partial charge in [-0.05, 0) is 27.9 Å². The monoisotopic (exact) mass is 487 g/mol. The van der Waals surface area contributed by atoms with Gasteiger partial charge >= 0.3 is 12.1 Å². The van der Waals surface area contributed by atoms with Crippen molar-refractivity contribution in [3.63, 3.8) is 0 Å². The molecule has 0 aliphatic carbocycles. The Kier molecular flexibility index (Phi) is 6.08. The Bertz CT molecular complexity index is 1100. The number of ether oxygens (including phenoxy) is 2. The smallest absolute Gasteiger partial charge is 0.410 e. The largest absolute Gasteiger partial charge is 0.461 e. The summed E-state index contributed by atoms with van der Waals surface area (Å²) in [5.74, 6) is 0.460. The van der Waals surface area contributed by atoms with Crippen molar-refractivity contribution in [3.8, 4) is 0 Å². The third-order valence-electron chi connectivity index (χ3n) is 5.14. The molecule has 2 atom stereocenters. The number of esters is 1. The van der Waals surface area contributed by atoms with E-state index < -0.39 is 18.2 Å². The normalized spacial score (nSPS) is 18.7. The second-order valence-electron chi connectivity index (χ2n) is 7.40. The van der Waals surface area contributed by atoms with Gasteiger partial charge in [-0.25, -0.2) is 14.8 Å². The molecular formula is C21H22BrN5O4. The van der Waals surface area contributed by atoms with Gasteiger partial charge in [-0.3, -0.25) is 9.20 Å². The van der Waals surface area contributed by atoms with E-state index in [1.54, 1.807) is 17.3 Å². The van der Waals surface area contributed by atoms with Crippen LogP contribution in [0.2, 0.25) is 0 Å². The standard InChI is InChI=1S/C21H22BrN5O4/c1-13(28)31-16-9-15(20-25-18(22)17-19(23)24-7-8-27(17)20)10-26(11-16)21(29)30-12-14-5-3-2-4-6-14/h2-8,15-16H,9-12H2,1H3,(H2,23,24). The van der Waals surface area contributed by atoms with Gasteiger partial charge in [0, 0.05) is 31.8 Å². The second-order valence-corrected chi connectivity index (χ2v) is 8.15. The van der Waals surface area contributed by atoms with Crippen LogP contribution in [0.1, 0.15) is 30.7 Å². The van der Waals surface area contributed by atoms with E-state index in [4.69, 9.17) is 15.2 Å². The summed E-state index contributed by atoms with van der Waals surface area (Å²) < 4.78 is 13.4. The van der Waals surface area contributed by atoms with Gasteiger partial charge in [-0.1, -0.05) is 30.3 Å². The van der Waals surface area contributed by atoms with E-state index in [9.17, 15) is 9.59 Å². The number of nitrogens with zero attached hydrogens (tertiary/aromatic N) is 4. The van der Waals surface area contributed by atoms with Crippen LogP contribution < -0.4 is 5.73 Å². The first-order chi connectivity index (χ1) is 14.9. The van der Waals surface area contributed by atoms with E-state index in [2.05, 4.69) is 25.9 Å². The van der Waals surface area contributed by atoms with Crippen molar-refractivity contribution in [1.29, 1.82) is 0 Å². The van der Waals surface area contributed by atoms with Gasteiger partial charge in [0.1, 0.15) is 28.7 Å². The average molecular weight is 488 g/mol. The summed E-state index contributed by atoms with van der Waals surface area (Å²) in [7, 11) is 0. The van der Waals surface area contributed by atoms with Crippen molar-refractivity contribution >= 4 is 39.3 Å². The summed E-state index contributed by atoms with van der Waals surface area (Å²) in [6.07, 6.45) is 2.96. The molecule has 0 saturated carbocycles. The molecule has 10 heteroatoms. The average Bonchev–Trinajstić information content (AvgIpc) is 3.10. The van der Waals surface area contributed by atoms with Gasteiger partial charge in [0.15, 0.2) is 5.82 Å². The highest BCUT2D eigenvalue weighted by Gasteiger charge is 2.35. The molecule has 1 aliphatic rings. The van der Waals surface area contributed by atoms with Gasteiger partial charge in [0.25, 0.3) is 0 Å². The van der Waals surface area contributed by atoms with Gasteiger partial charge in [0.2, 0.25) is 0 Å². The number of halogens is 1. The Hall–Kier alpha value is -3.14. The van der Waals surface area contributed by atoms with Crippen LogP contribution in [0, 0.1) is 0 Å². The summed E-state index contributed by atoms with van der Waals surface area (Å²) in [5, 5.41) is 0. The number of imidazole rings is 1. The molecule has 31 heavy (non-hydrogen) atoms. The fourth-order valence-corrected chi connectivity index (χ4v) is 4.43. The van der Waals surface area contributed by atoms with Crippen LogP contribution in [-0.2, 0) is 20.9 Å². The Balaban J connectivity index is 1.57. The number of amides is 1. The second kappa shape index (κ2) is 8.93. The van der Waals surface area contributed by atoms with Crippen molar-refractivity contribution in [1.82, 2.24) is 19.3 Å². The lowest BCUT2D eigenvalue weighted by Crippen LogP contribution is -2.47. The molecule has 1 aliphatic heterocycles. The number of carbonyl (C=O) groups excluding carboxylic acids is 2. The molecule has 1 amide bonds. The van der Waals surface area contributed by atoms with Crippen LogP contribution in [0.25, 0.3) is 5.52 Å². The number of hydrogen-bond donors (Lipinski definition) is 1. The molecule has 2 unspecified atom stereocenters. The summed E-state index contributed by atoms with van der Waals surface area (Å²) in [6, 6.07) is 9.46. The highest BCUT2D eigenvalue weighted by Crippen LogP contribution is 2.32. The maximum atomic E-state index is 12.8. The van der Waals surface area contributed by atoms with Crippen LogP contribution in [0.5, 0.6) is 0 Å². The van der Waals surface area contributed by atoms with E-state index in [-0.39, 0.29) is 19.1 Å². The molecule has 1 fully saturated rings. The summed E-state index contributed by atoms with van der Waals surface area (Å²) in [4.78, 5) is 34.7. The summed E-state index contributed by atoms with van der Waals surface area (Å²) in [6.45, 7) is 2.16. The first-order valence-corrected chi connectivity index (χ1v) is 10.6. The van der Waals surface area contributed by atoms with Crippen LogP contribution in [0.3, 0.4) is 0 Å². The zero-order valence-corrected chi connectivity index (χ0v) is 18.5. The maximum absolute atomic E-state index is 12.8. The van der Waals surface area contributed by atoms with E-state index in [1.165, 1.54) is 6.92 Å². The van der Waals surface area contributed by atoms with Gasteiger partial charge in [-0.15, -0.1) is 0 Å². The molecule has 1 aromatic carbocycles. The molecule has 2 N–H and O–H groups in total. The lowest BCUT2D eigenvalue weighted by molar-refractivity contribution is -0.149. The number of benzene rings is 1. The Morgan fingerprint density at radius 2 is 2.03 bits per heavy atom. The van der Waals surface area contributed by atoms with Crippen molar-refractivity contribution in [2.75, 3.05) is 18.8 Å². The molecule has 4 rings (SSSR count). The molecule has 3 aromatic rings. The number of carbonyl (C=O) groups is 2. The van der Waals surface area contributed by atoms with Crippen LogP contribution in [-0.4, -0.2) is 50.5 Å². The Morgan fingerprint density at radius 1 is 1.26 bits per heavy atom. The minimum Gasteiger partial charge on any atom is -0.461 e. The van der Waals surface area contributed by atoms with Crippen molar-refractivity contribution in [3.05, 3.63) is 58.7 Å². The minimum atomic E-state index is -0.467. The van der Waals surface area contributed by atoms with E-state index >= 15 is 0 Å². The fourth-order valence-electron chi connectivity index (χ4n) is 3.85. The van der Waals surface area contributed by atoms with Crippen LogP contribution >= 0.6 is 15.9 Å². The summed E-state index contributed by atoms with van der Waals surface area (Å²) in [5.41, 5.74) is 7.56. The highest BCUT2D eigenvalue weighted by molar-refractivity contribution is 9.10. The molecule has 0 spiro atoms. The first kappa shape index (κ1) is 21.1. The fraction of sp³-hybridized carbons (Fsp3) is 0.333.